The predicted octanol–water partition coefficient (Wildman–Crippen LogP) is 3.83. The summed E-state index contributed by atoms with van der Waals surface area (Å²) in [5, 5.41) is 3.99. The molecule has 0 aliphatic rings. The summed E-state index contributed by atoms with van der Waals surface area (Å²) >= 11 is 0. The molecule has 0 fully saturated rings. The monoisotopic (exact) mass is 280 g/mol. The van der Waals surface area contributed by atoms with E-state index in [-0.39, 0.29) is 0 Å². The van der Waals surface area contributed by atoms with Crippen LogP contribution in [0.25, 0.3) is 21.5 Å². The molecule has 3 rings (SSSR count). The van der Waals surface area contributed by atoms with Crippen molar-refractivity contribution in [3.63, 3.8) is 0 Å². The Balaban J connectivity index is 2.14. The number of rotatable bonds is 5. The van der Waals surface area contributed by atoms with Crippen molar-refractivity contribution in [2.24, 2.45) is 0 Å². The van der Waals surface area contributed by atoms with Gasteiger partial charge in [-0.3, -0.25) is 4.79 Å². The van der Waals surface area contributed by atoms with Crippen molar-refractivity contribution >= 4 is 27.8 Å². The second-order valence-electron chi connectivity index (χ2n) is 4.85. The third-order valence-electron chi connectivity index (χ3n) is 3.55. The first-order chi connectivity index (χ1) is 10.3. The highest BCUT2D eigenvalue weighted by Crippen LogP contribution is 2.30. The summed E-state index contributed by atoms with van der Waals surface area (Å²) in [5.41, 5.74) is 0.709. The fraction of sp³-hybridized carbons (Fsp3) is 0.167. The Bertz CT molecular complexity index is 793. The summed E-state index contributed by atoms with van der Waals surface area (Å²) in [6, 6.07) is 15.8. The number of fused-ring (bicyclic) bond motifs is 2. The molecule has 0 saturated carbocycles. The lowest BCUT2D eigenvalue weighted by Crippen LogP contribution is -2.04. The smallest absolute Gasteiger partial charge is 0.151 e. The second kappa shape index (κ2) is 5.94. The van der Waals surface area contributed by atoms with Crippen molar-refractivity contribution in [2.45, 2.75) is 0 Å². The SMILES string of the molecule is COCCOc1ccc2cc3ccccc3c(C=O)c2c1. The normalized spacial score (nSPS) is 10.9. The molecule has 0 aromatic heterocycles. The van der Waals surface area contributed by atoms with Crippen LogP contribution in [0.1, 0.15) is 10.4 Å². The number of carbonyl (C=O) groups is 1. The van der Waals surface area contributed by atoms with E-state index in [0.717, 1.165) is 33.6 Å². The minimum atomic E-state index is 0.492. The molecule has 3 nitrogen and oxygen atoms in total. The molecular weight excluding hydrogens is 264 g/mol. The van der Waals surface area contributed by atoms with Gasteiger partial charge in [0.05, 0.1) is 6.61 Å². The molecule has 0 radical (unpaired) electrons. The van der Waals surface area contributed by atoms with Gasteiger partial charge in [0.25, 0.3) is 0 Å². The minimum absolute atomic E-state index is 0.492. The number of hydrogen-bond acceptors (Lipinski definition) is 3. The maximum absolute atomic E-state index is 11.5. The summed E-state index contributed by atoms with van der Waals surface area (Å²) in [6.07, 6.45) is 0.920. The van der Waals surface area contributed by atoms with Crippen molar-refractivity contribution in [3.05, 3.63) is 54.1 Å². The van der Waals surface area contributed by atoms with E-state index in [0.29, 0.717) is 18.8 Å². The number of carbonyl (C=O) groups excluding carboxylic acids is 1. The van der Waals surface area contributed by atoms with Crippen molar-refractivity contribution in [1.29, 1.82) is 0 Å². The number of methoxy groups -OCH3 is 1. The molecule has 0 amide bonds. The van der Waals surface area contributed by atoms with Crippen LogP contribution in [0.2, 0.25) is 0 Å². The topological polar surface area (TPSA) is 35.5 Å². The lowest BCUT2D eigenvalue weighted by atomic mass is 9.97. The van der Waals surface area contributed by atoms with Gasteiger partial charge in [0.1, 0.15) is 12.4 Å². The van der Waals surface area contributed by atoms with Gasteiger partial charge in [-0.2, -0.15) is 0 Å². The molecule has 0 unspecified atom stereocenters. The van der Waals surface area contributed by atoms with E-state index >= 15 is 0 Å². The summed E-state index contributed by atoms with van der Waals surface area (Å²) in [6.45, 7) is 1.03. The lowest BCUT2D eigenvalue weighted by Gasteiger charge is -2.10. The third kappa shape index (κ3) is 2.60. The minimum Gasteiger partial charge on any atom is -0.491 e. The third-order valence-corrected chi connectivity index (χ3v) is 3.55. The van der Waals surface area contributed by atoms with Gasteiger partial charge in [0, 0.05) is 12.7 Å². The molecule has 0 N–H and O–H groups in total. The Morgan fingerprint density at radius 3 is 2.57 bits per heavy atom. The van der Waals surface area contributed by atoms with E-state index in [1.807, 2.05) is 42.5 Å². The van der Waals surface area contributed by atoms with Crippen molar-refractivity contribution in [2.75, 3.05) is 20.3 Å². The van der Waals surface area contributed by atoms with Crippen LogP contribution in [0.5, 0.6) is 5.75 Å². The molecular formula is C18H16O3. The fourth-order valence-electron chi connectivity index (χ4n) is 2.53. The van der Waals surface area contributed by atoms with Gasteiger partial charge in [0.15, 0.2) is 6.29 Å². The molecule has 0 heterocycles. The molecule has 0 atom stereocenters. The van der Waals surface area contributed by atoms with Crippen LogP contribution in [-0.2, 0) is 4.74 Å². The average molecular weight is 280 g/mol. The van der Waals surface area contributed by atoms with Gasteiger partial charge in [-0.1, -0.05) is 30.3 Å². The van der Waals surface area contributed by atoms with Crippen LogP contribution in [0, 0.1) is 0 Å². The number of aldehydes is 1. The number of benzene rings is 3. The van der Waals surface area contributed by atoms with Gasteiger partial charge in [-0.05, 0) is 39.7 Å². The van der Waals surface area contributed by atoms with Crippen LogP contribution in [-0.4, -0.2) is 26.6 Å². The summed E-state index contributed by atoms with van der Waals surface area (Å²) in [7, 11) is 1.64. The largest absolute Gasteiger partial charge is 0.491 e. The Morgan fingerprint density at radius 1 is 0.952 bits per heavy atom. The van der Waals surface area contributed by atoms with Crippen LogP contribution in [0.4, 0.5) is 0 Å². The van der Waals surface area contributed by atoms with E-state index in [4.69, 9.17) is 9.47 Å². The predicted molar refractivity (Wildman–Crippen MR) is 84.2 cm³/mol. The van der Waals surface area contributed by atoms with Gasteiger partial charge in [-0.15, -0.1) is 0 Å². The second-order valence-corrected chi connectivity index (χ2v) is 4.85. The van der Waals surface area contributed by atoms with Crippen molar-refractivity contribution in [1.82, 2.24) is 0 Å². The summed E-state index contributed by atoms with van der Waals surface area (Å²) < 4.78 is 10.6. The van der Waals surface area contributed by atoms with Gasteiger partial charge in [0.2, 0.25) is 0 Å². The Kier molecular flexibility index (Phi) is 3.84. The van der Waals surface area contributed by atoms with Crippen LogP contribution in [0.15, 0.2) is 48.5 Å². The maximum atomic E-state index is 11.5. The Labute approximate surface area is 123 Å². The maximum Gasteiger partial charge on any atom is 0.151 e. The Hall–Kier alpha value is -2.39. The van der Waals surface area contributed by atoms with E-state index in [2.05, 4.69) is 6.07 Å². The van der Waals surface area contributed by atoms with E-state index in [1.54, 1.807) is 7.11 Å². The molecule has 3 aromatic carbocycles. The number of hydrogen-bond donors (Lipinski definition) is 0. The van der Waals surface area contributed by atoms with E-state index < -0.39 is 0 Å². The highest BCUT2D eigenvalue weighted by molar-refractivity contribution is 6.12. The Morgan fingerprint density at radius 2 is 1.76 bits per heavy atom. The molecule has 3 heteroatoms. The molecule has 0 aliphatic heterocycles. The number of ether oxygens (including phenoxy) is 2. The average Bonchev–Trinajstić information content (AvgIpc) is 2.53. The molecule has 106 valence electrons. The molecule has 21 heavy (non-hydrogen) atoms. The zero-order valence-corrected chi connectivity index (χ0v) is 11.8. The van der Waals surface area contributed by atoms with Crippen LogP contribution >= 0.6 is 0 Å². The first-order valence-corrected chi connectivity index (χ1v) is 6.86. The fourth-order valence-corrected chi connectivity index (χ4v) is 2.53. The van der Waals surface area contributed by atoms with Crippen LogP contribution in [0.3, 0.4) is 0 Å². The van der Waals surface area contributed by atoms with Gasteiger partial charge in [-0.25, -0.2) is 0 Å². The van der Waals surface area contributed by atoms with E-state index in [1.165, 1.54) is 0 Å². The van der Waals surface area contributed by atoms with Gasteiger partial charge >= 0.3 is 0 Å². The zero-order valence-electron chi connectivity index (χ0n) is 11.8. The molecule has 0 saturated heterocycles. The highest BCUT2D eigenvalue weighted by atomic mass is 16.5. The molecule has 0 aliphatic carbocycles. The molecule has 0 spiro atoms. The van der Waals surface area contributed by atoms with Crippen LogP contribution < -0.4 is 4.74 Å². The van der Waals surface area contributed by atoms with Gasteiger partial charge < -0.3 is 9.47 Å². The molecule has 0 bridgehead atoms. The summed E-state index contributed by atoms with van der Waals surface area (Å²) in [4.78, 5) is 11.5. The summed E-state index contributed by atoms with van der Waals surface area (Å²) in [5.74, 6) is 0.748. The highest BCUT2D eigenvalue weighted by Gasteiger charge is 2.08. The first-order valence-electron chi connectivity index (χ1n) is 6.86. The van der Waals surface area contributed by atoms with Crippen molar-refractivity contribution < 1.29 is 14.3 Å². The quantitative estimate of drug-likeness (QED) is 0.405. The van der Waals surface area contributed by atoms with E-state index in [9.17, 15) is 4.79 Å². The first kappa shape index (κ1) is 13.6. The molecule has 3 aromatic rings. The zero-order chi connectivity index (χ0) is 14.7. The lowest BCUT2D eigenvalue weighted by molar-refractivity contribution is 0.112. The standard InChI is InChI=1S/C18H16O3/c1-20-8-9-21-15-7-6-14-10-13-4-2-3-5-16(13)18(12-19)17(14)11-15/h2-7,10-12H,8-9H2,1H3. The van der Waals surface area contributed by atoms with Crippen molar-refractivity contribution in [3.8, 4) is 5.75 Å².